The van der Waals surface area contributed by atoms with Gasteiger partial charge in [0, 0.05) is 17.1 Å². The summed E-state index contributed by atoms with van der Waals surface area (Å²) in [5.41, 5.74) is 7.34. The lowest BCUT2D eigenvalue weighted by Gasteiger charge is -2.24. The molecule has 0 amide bonds. The number of halogens is 1. The van der Waals surface area contributed by atoms with Gasteiger partial charge in [0.05, 0.1) is 28.5 Å². The monoisotopic (exact) mass is 591 g/mol. The molecule has 0 fully saturated rings. The van der Waals surface area contributed by atoms with Gasteiger partial charge in [0.2, 0.25) is 0 Å². The van der Waals surface area contributed by atoms with Crippen LogP contribution in [-0.2, 0) is 9.53 Å². The van der Waals surface area contributed by atoms with Crippen molar-refractivity contribution < 1.29 is 13.9 Å². The van der Waals surface area contributed by atoms with Crippen LogP contribution in [0.5, 0.6) is 0 Å². The quantitative estimate of drug-likeness (QED) is 0.227. The minimum Gasteiger partial charge on any atom is -0.463 e. The average Bonchev–Trinajstić information content (AvgIpc) is 3.46. The molecule has 3 aromatic carbocycles. The topological polar surface area (TPSA) is 65.6 Å². The summed E-state index contributed by atoms with van der Waals surface area (Å²) in [6.07, 6.45) is 1.88. The number of allylic oxidation sites excluding steroid dienone is 1. The molecule has 6 rings (SSSR count). The van der Waals surface area contributed by atoms with E-state index >= 15 is 0 Å². The maximum Gasteiger partial charge on any atom is 0.338 e. The Morgan fingerprint density at radius 3 is 2.33 bits per heavy atom. The van der Waals surface area contributed by atoms with Gasteiger partial charge in [-0.15, -0.1) is 0 Å². The van der Waals surface area contributed by atoms with Gasteiger partial charge in [0.25, 0.3) is 5.56 Å². The first-order valence-electron chi connectivity index (χ1n) is 14.1. The molecule has 0 saturated carbocycles. The smallest absolute Gasteiger partial charge is 0.338 e. The number of carbonyl (C=O) groups is 1. The minimum absolute atomic E-state index is 0.181. The minimum atomic E-state index is -0.784. The lowest BCUT2D eigenvalue weighted by atomic mass is 9.96. The van der Waals surface area contributed by atoms with E-state index in [1.54, 1.807) is 26.0 Å². The number of hydrogen-bond donors (Lipinski definition) is 0. The summed E-state index contributed by atoms with van der Waals surface area (Å²) in [6, 6.07) is 25.8. The number of benzene rings is 3. The van der Waals surface area contributed by atoms with Crippen LogP contribution in [0.4, 0.5) is 4.39 Å². The van der Waals surface area contributed by atoms with Gasteiger partial charge >= 0.3 is 5.97 Å². The summed E-state index contributed by atoms with van der Waals surface area (Å²) in [4.78, 5) is 32.1. The Morgan fingerprint density at radius 2 is 1.65 bits per heavy atom. The fourth-order valence-corrected chi connectivity index (χ4v) is 6.70. The number of carbonyl (C=O) groups excluding carboxylic acids is 1. The van der Waals surface area contributed by atoms with E-state index in [9.17, 15) is 14.0 Å². The molecule has 1 atom stereocenters. The predicted molar refractivity (Wildman–Crippen MR) is 167 cm³/mol. The van der Waals surface area contributed by atoms with E-state index in [1.165, 1.54) is 28.0 Å². The van der Waals surface area contributed by atoms with Crippen LogP contribution < -0.4 is 14.9 Å². The van der Waals surface area contributed by atoms with Crippen molar-refractivity contribution >= 4 is 23.4 Å². The first-order valence-corrected chi connectivity index (χ1v) is 14.9. The van der Waals surface area contributed by atoms with Gasteiger partial charge in [0.15, 0.2) is 4.80 Å². The molecule has 5 aromatic rings. The van der Waals surface area contributed by atoms with Crippen molar-refractivity contribution in [2.24, 2.45) is 4.99 Å². The molecule has 1 aliphatic rings. The largest absolute Gasteiger partial charge is 0.463 e. The highest BCUT2D eigenvalue weighted by Gasteiger charge is 2.33. The van der Waals surface area contributed by atoms with Crippen molar-refractivity contribution in [3.8, 4) is 16.8 Å². The second kappa shape index (κ2) is 11.5. The van der Waals surface area contributed by atoms with Crippen LogP contribution in [0, 0.1) is 19.7 Å². The Labute approximate surface area is 252 Å². The third-order valence-electron chi connectivity index (χ3n) is 7.69. The Bertz CT molecular complexity index is 2050. The summed E-state index contributed by atoms with van der Waals surface area (Å²) in [7, 11) is 0. The fraction of sp³-hybridized carbons (Fsp3) is 0.171. The van der Waals surface area contributed by atoms with Crippen molar-refractivity contribution in [1.82, 2.24) is 9.13 Å². The van der Waals surface area contributed by atoms with Gasteiger partial charge in [-0.3, -0.25) is 9.36 Å². The van der Waals surface area contributed by atoms with E-state index in [2.05, 4.69) is 52.0 Å². The van der Waals surface area contributed by atoms with Gasteiger partial charge in [0.1, 0.15) is 5.82 Å². The number of aromatic nitrogens is 2. The number of aryl methyl sites for hydroxylation is 1. The van der Waals surface area contributed by atoms with Gasteiger partial charge in [-0.1, -0.05) is 65.9 Å². The Hall–Kier alpha value is -4.82. The number of nitrogens with zero attached hydrogens (tertiary/aromatic N) is 3. The van der Waals surface area contributed by atoms with Crippen LogP contribution in [0.2, 0.25) is 0 Å². The highest BCUT2D eigenvalue weighted by molar-refractivity contribution is 7.07. The molecule has 0 saturated heterocycles. The molecular weight excluding hydrogens is 561 g/mol. The van der Waals surface area contributed by atoms with E-state index in [-0.39, 0.29) is 17.7 Å². The number of rotatable bonds is 6. The van der Waals surface area contributed by atoms with Crippen molar-refractivity contribution in [3.05, 3.63) is 144 Å². The molecular formula is C35H30FN3O3S. The number of esters is 1. The van der Waals surface area contributed by atoms with E-state index in [0.29, 0.717) is 20.6 Å². The molecule has 0 aliphatic carbocycles. The third kappa shape index (κ3) is 5.19. The van der Waals surface area contributed by atoms with E-state index in [4.69, 9.17) is 4.74 Å². The zero-order valence-corrected chi connectivity index (χ0v) is 25.1. The van der Waals surface area contributed by atoms with Gasteiger partial charge < -0.3 is 9.30 Å². The molecule has 0 N–H and O–H groups in total. The zero-order chi connectivity index (χ0) is 30.2. The number of thiazole rings is 1. The SMILES string of the molecule is CCOC(=O)C1=C(C)N=c2s/c(=C\c3cc(C)n(-c4ccc(-c5ccccc5)cc4)c3C)c(=O)n2[C@@H]1c1ccc(F)cc1. The summed E-state index contributed by atoms with van der Waals surface area (Å²) in [5, 5.41) is 0. The molecule has 0 unspecified atom stereocenters. The zero-order valence-electron chi connectivity index (χ0n) is 24.3. The Morgan fingerprint density at radius 1 is 0.977 bits per heavy atom. The molecule has 6 nitrogen and oxygen atoms in total. The van der Waals surface area contributed by atoms with E-state index in [0.717, 1.165) is 33.8 Å². The third-order valence-corrected chi connectivity index (χ3v) is 8.68. The molecule has 0 radical (unpaired) electrons. The molecule has 0 bridgehead atoms. The number of ether oxygens (including phenoxy) is 1. The molecule has 1 aliphatic heterocycles. The summed E-state index contributed by atoms with van der Waals surface area (Å²) < 4.78 is 23.3. The number of hydrogen-bond acceptors (Lipinski definition) is 5. The Balaban J connectivity index is 1.44. The van der Waals surface area contributed by atoms with Crippen molar-refractivity contribution in [1.29, 1.82) is 0 Å². The normalized spacial score (nSPS) is 14.9. The molecule has 3 heterocycles. The fourth-order valence-electron chi connectivity index (χ4n) is 5.66. The average molecular weight is 592 g/mol. The summed E-state index contributed by atoms with van der Waals surface area (Å²) >= 11 is 1.27. The van der Waals surface area contributed by atoms with Crippen molar-refractivity contribution in [2.75, 3.05) is 6.61 Å². The second-order valence-corrected chi connectivity index (χ2v) is 11.4. The molecule has 43 heavy (non-hydrogen) atoms. The standard InChI is InChI=1S/C35H30FN3O3S/c1-5-42-34(41)31-22(3)37-35-39(32(31)26-11-15-28(36)16-12-26)33(40)30(43-35)20-27-19-21(2)38(23(27)4)29-17-13-25(14-18-29)24-9-7-6-8-10-24/h6-20,32H,5H2,1-4H3/b30-20-/t32-/m1/s1. The lowest BCUT2D eigenvalue weighted by molar-refractivity contribution is -0.139. The van der Waals surface area contributed by atoms with Crippen LogP contribution in [0.25, 0.3) is 22.9 Å². The summed E-state index contributed by atoms with van der Waals surface area (Å²) in [5.74, 6) is -0.950. The molecule has 2 aromatic heterocycles. The van der Waals surface area contributed by atoms with E-state index < -0.39 is 17.8 Å². The van der Waals surface area contributed by atoms with Crippen LogP contribution in [-0.4, -0.2) is 21.7 Å². The molecule has 216 valence electrons. The first-order chi connectivity index (χ1) is 20.8. The Kier molecular flexibility index (Phi) is 7.54. The van der Waals surface area contributed by atoms with Gasteiger partial charge in [-0.2, -0.15) is 0 Å². The predicted octanol–water partition coefficient (Wildman–Crippen LogP) is 6.01. The molecule has 8 heteroatoms. The van der Waals surface area contributed by atoms with Crippen molar-refractivity contribution in [3.63, 3.8) is 0 Å². The van der Waals surface area contributed by atoms with Crippen LogP contribution in [0.1, 0.15) is 42.4 Å². The lowest BCUT2D eigenvalue weighted by Crippen LogP contribution is -2.39. The van der Waals surface area contributed by atoms with Gasteiger partial charge in [-0.05, 0) is 86.4 Å². The molecule has 0 spiro atoms. The maximum absolute atomic E-state index is 14.0. The van der Waals surface area contributed by atoms with Gasteiger partial charge in [-0.25, -0.2) is 14.2 Å². The van der Waals surface area contributed by atoms with Crippen molar-refractivity contribution in [2.45, 2.75) is 33.7 Å². The van der Waals surface area contributed by atoms with Crippen LogP contribution in [0.3, 0.4) is 0 Å². The number of fused-ring (bicyclic) bond motifs is 1. The maximum atomic E-state index is 14.0. The van der Waals surface area contributed by atoms with Crippen LogP contribution in [0.15, 0.2) is 106 Å². The van der Waals surface area contributed by atoms with E-state index in [1.807, 2.05) is 38.1 Å². The highest BCUT2D eigenvalue weighted by atomic mass is 32.1. The second-order valence-electron chi connectivity index (χ2n) is 10.4. The highest BCUT2D eigenvalue weighted by Crippen LogP contribution is 2.31. The summed E-state index contributed by atoms with van der Waals surface area (Å²) in [6.45, 7) is 7.72. The first kappa shape index (κ1) is 28.3. The van der Waals surface area contributed by atoms with Crippen LogP contribution >= 0.6 is 11.3 Å².